The number of amides is 1. The van der Waals surface area contributed by atoms with E-state index in [2.05, 4.69) is 5.32 Å². The van der Waals surface area contributed by atoms with Crippen molar-refractivity contribution in [3.05, 3.63) is 70.9 Å². The Morgan fingerprint density at radius 3 is 2.33 bits per heavy atom. The van der Waals surface area contributed by atoms with Crippen molar-refractivity contribution in [2.45, 2.75) is 6.18 Å². The Morgan fingerprint density at radius 1 is 1.13 bits per heavy atom. The van der Waals surface area contributed by atoms with Crippen LogP contribution in [0.4, 0.5) is 23.7 Å². The summed E-state index contributed by atoms with van der Waals surface area (Å²) < 4.78 is 47.5. The Hall–Kier alpha value is -3.46. The van der Waals surface area contributed by atoms with E-state index in [0.717, 1.165) is 6.07 Å². The van der Waals surface area contributed by atoms with Gasteiger partial charge in [0, 0.05) is 29.5 Å². The third-order valence-electron chi connectivity index (χ3n) is 4.17. The number of nitrogens with one attached hydrogen (secondary N) is 1. The Labute approximate surface area is 173 Å². The van der Waals surface area contributed by atoms with Crippen molar-refractivity contribution in [1.29, 1.82) is 0 Å². The third kappa shape index (κ3) is 4.57. The molecule has 0 radical (unpaired) electrons. The monoisotopic (exact) mass is 438 g/mol. The third-order valence-corrected chi connectivity index (χ3v) is 4.43. The first-order valence-electron chi connectivity index (χ1n) is 8.41. The van der Waals surface area contributed by atoms with Crippen LogP contribution < -0.4 is 10.1 Å². The maximum Gasteiger partial charge on any atom is 0.417 e. The zero-order valence-corrected chi connectivity index (χ0v) is 16.1. The predicted molar refractivity (Wildman–Crippen MR) is 104 cm³/mol. The minimum Gasteiger partial charge on any atom is -0.478 e. The molecule has 3 aromatic rings. The number of halogens is 4. The number of nitrogens with zero attached hydrogens (tertiary/aromatic N) is 1. The van der Waals surface area contributed by atoms with Gasteiger partial charge in [-0.05, 0) is 48.5 Å². The fourth-order valence-corrected chi connectivity index (χ4v) is 2.94. The number of alkyl halides is 3. The lowest BCUT2D eigenvalue weighted by Gasteiger charge is -2.18. The zero-order valence-electron chi connectivity index (χ0n) is 15.3. The average Bonchev–Trinajstić information content (AvgIpc) is 3.08. The summed E-state index contributed by atoms with van der Waals surface area (Å²) in [5, 5.41) is 12.0. The lowest BCUT2D eigenvalue weighted by atomic mass is 9.98. The number of carbonyl (C=O) groups is 2. The summed E-state index contributed by atoms with van der Waals surface area (Å²) in [6.07, 6.45) is -4.42. The minimum absolute atomic E-state index is 0.0743. The molecule has 1 heterocycles. The van der Waals surface area contributed by atoms with Gasteiger partial charge < -0.3 is 14.4 Å². The van der Waals surface area contributed by atoms with E-state index in [4.69, 9.17) is 16.3 Å². The molecule has 1 aromatic heterocycles. The Balaban J connectivity index is 2.03. The summed E-state index contributed by atoms with van der Waals surface area (Å²) in [4.78, 5) is 23.8. The van der Waals surface area contributed by atoms with Crippen LogP contribution in [-0.2, 0) is 13.2 Å². The van der Waals surface area contributed by atoms with Crippen molar-refractivity contribution < 1.29 is 32.6 Å². The van der Waals surface area contributed by atoms with Crippen LogP contribution in [0.15, 0.2) is 54.7 Å². The van der Waals surface area contributed by atoms with Crippen LogP contribution in [-0.4, -0.2) is 21.7 Å². The maximum atomic E-state index is 13.7. The molecule has 0 spiro atoms. The average molecular weight is 439 g/mol. The van der Waals surface area contributed by atoms with E-state index < -0.39 is 35.1 Å². The van der Waals surface area contributed by atoms with Crippen LogP contribution in [0, 0.1) is 0 Å². The highest BCUT2D eigenvalue weighted by atomic mass is 35.5. The molecule has 0 aliphatic carbocycles. The largest absolute Gasteiger partial charge is 0.478 e. The summed E-state index contributed by atoms with van der Waals surface area (Å²) in [6.45, 7) is 0. The molecule has 10 heteroatoms. The molecule has 0 saturated heterocycles. The molecule has 0 saturated carbocycles. The number of carboxylic acid groups (broad SMARTS) is 1. The number of carbonyl (C=O) groups excluding carboxylic acids is 1. The Morgan fingerprint density at radius 2 is 1.80 bits per heavy atom. The molecule has 0 atom stereocenters. The topological polar surface area (TPSA) is 80.6 Å². The van der Waals surface area contributed by atoms with Crippen molar-refractivity contribution in [3.63, 3.8) is 0 Å². The minimum atomic E-state index is -4.80. The van der Waals surface area contributed by atoms with Gasteiger partial charge in [-0.25, -0.2) is 9.59 Å². The first-order valence-corrected chi connectivity index (χ1v) is 8.78. The van der Waals surface area contributed by atoms with Gasteiger partial charge in [-0.1, -0.05) is 11.6 Å². The first-order chi connectivity index (χ1) is 14.1. The van der Waals surface area contributed by atoms with E-state index in [1.807, 2.05) is 0 Å². The van der Waals surface area contributed by atoms with Crippen LogP contribution in [0.1, 0.15) is 15.9 Å². The number of carboxylic acids is 1. The number of hydrogen-bond donors (Lipinski definition) is 2. The molecule has 0 fully saturated rings. The number of aryl methyl sites for hydroxylation is 1. The number of hydrogen-bond acceptors (Lipinski definition) is 3. The van der Waals surface area contributed by atoms with Crippen LogP contribution in [0.25, 0.3) is 11.3 Å². The van der Waals surface area contributed by atoms with Gasteiger partial charge in [0.1, 0.15) is 5.75 Å². The van der Waals surface area contributed by atoms with Crippen molar-refractivity contribution in [1.82, 2.24) is 4.57 Å². The van der Waals surface area contributed by atoms with Gasteiger partial charge in [-0.2, -0.15) is 13.2 Å². The highest BCUT2D eigenvalue weighted by molar-refractivity contribution is 6.30. The molecule has 156 valence electrons. The van der Waals surface area contributed by atoms with E-state index in [1.54, 1.807) is 0 Å². The van der Waals surface area contributed by atoms with E-state index in [9.17, 15) is 27.9 Å². The van der Waals surface area contributed by atoms with Gasteiger partial charge >= 0.3 is 18.2 Å². The van der Waals surface area contributed by atoms with Crippen molar-refractivity contribution in [3.8, 4) is 17.0 Å². The fraction of sp³-hybridized carbons (Fsp3) is 0.100. The highest BCUT2D eigenvalue weighted by Crippen LogP contribution is 2.40. The number of aromatic nitrogens is 1. The van der Waals surface area contributed by atoms with Crippen molar-refractivity contribution in [2.24, 2.45) is 7.05 Å². The zero-order chi connectivity index (χ0) is 22.1. The molecule has 2 N–H and O–H groups in total. The summed E-state index contributed by atoms with van der Waals surface area (Å²) >= 11 is 5.73. The Bertz CT molecular complexity index is 1110. The lowest BCUT2D eigenvalue weighted by molar-refractivity contribution is -0.137. The second kappa shape index (κ2) is 8.11. The Kier molecular flexibility index (Phi) is 5.75. The molecule has 0 aliphatic rings. The van der Waals surface area contributed by atoms with Crippen LogP contribution in [0.2, 0.25) is 5.02 Å². The summed E-state index contributed by atoms with van der Waals surface area (Å²) in [5.41, 5.74) is -2.33. The molecular formula is C20H14ClF3N2O4. The molecule has 1 amide bonds. The van der Waals surface area contributed by atoms with E-state index in [0.29, 0.717) is 11.1 Å². The van der Waals surface area contributed by atoms with Gasteiger partial charge in [0.05, 0.1) is 16.8 Å². The van der Waals surface area contributed by atoms with Gasteiger partial charge in [0.15, 0.2) is 0 Å². The number of rotatable bonds is 4. The first kappa shape index (κ1) is 21.3. The van der Waals surface area contributed by atoms with E-state index >= 15 is 0 Å². The molecule has 0 unspecified atom stereocenters. The van der Waals surface area contributed by atoms with Gasteiger partial charge in [-0.15, -0.1) is 0 Å². The van der Waals surface area contributed by atoms with Gasteiger partial charge in [0.25, 0.3) is 0 Å². The van der Waals surface area contributed by atoms with Crippen LogP contribution >= 0.6 is 11.6 Å². The van der Waals surface area contributed by atoms with E-state index in [-0.39, 0.29) is 17.0 Å². The van der Waals surface area contributed by atoms with Crippen molar-refractivity contribution in [2.75, 3.05) is 5.32 Å². The second-order valence-corrected chi connectivity index (χ2v) is 6.66. The number of anilines is 1. The number of ether oxygens (including phenoxy) is 1. The molecule has 30 heavy (non-hydrogen) atoms. The number of benzene rings is 2. The smallest absolute Gasteiger partial charge is 0.417 e. The summed E-state index contributed by atoms with van der Waals surface area (Å²) in [6, 6.07) is 10.1. The highest BCUT2D eigenvalue weighted by Gasteiger charge is 2.36. The molecule has 2 aromatic carbocycles. The van der Waals surface area contributed by atoms with Crippen molar-refractivity contribution >= 4 is 29.4 Å². The summed E-state index contributed by atoms with van der Waals surface area (Å²) in [5.74, 6) is -1.44. The molecule has 0 bridgehead atoms. The predicted octanol–water partition coefficient (Wildman–Crippen LogP) is 5.67. The van der Waals surface area contributed by atoms with Gasteiger partial charge in [0.2, 0.25) is 0 Å². The maximum absolute atomic E-state index is 13.7. The quantitative estimate of drug-likeness (QED) is 0.549. The lowest BCUT2D eigenvalue weighted by Crippen LogP contribution is -2.20. The molecular weight excluding hydrogens is 425 g/mol. The second-order valence-electron chi connectivity index (χ2n) is 6.22. The van der Waals surface area contributed by atoms with Gasteiger partial charge in [-0.3, -0.25) is 5.32 Å². The molecule has 6 nitrogen and oxygen atoms in total. The van der Waals surface area contributed by atoms with E-state index in [1.165, 1.54) is 54.2 Å². The normalized spacial score (nSPS) is 11.2. The SMILES string of the molecule is Cn1cccc1-c1cc(C(=O)O)c(NC(=O)Oc2ccc(Cl)cc2)cc1C(F)(F)F. The fourth-order valence-electron chi connectivity index (χ4n) is 2.81. The number of aromatic carboxylic acids is 1. The van der Waals surface area contributed by atoms with Crippen LogP contribution in [0.5, 0.6) is 5.75 Å². The molecule has 3 rings (SSSR count). The molecule has 0 aliphatic heterocycles. The summed E-state index contributed by atoms with van der Waals surface area (Å²) in [7, 11) is 1.53. The van der Waals surface area contributed by atoms with Crippen LogP contribution in [0.3, 0.4) is 0 Å². The standard InChI is InChI=1S/C20H14ClF3N2O4/c1-26-8-2-3-17(26)13-9-14(18(27)28)16(10-15(13)20(22,23)24)25-19(29)30-12-6-4-11(21)5-7-12/h2-10H,1H3,(H,25,29)(H,27,28).